The third kappa shape index (κ3) is 5.50. The number of carbonyl (C=O) groups excluding carboxylic acids is 1. The summed E-state index contributed by atoms with van der Waals surface area (Å²) >= 11 is 6.33. The van der Waals surface area contributed by atoms with Crippen LogP contribution in [0.4, 0.5) is 14.5 Å². The van der Waals surface area contributed by atoms with E-state index >= 15 is 0 Å². The first kappa shape index (κ1) is 20.2. The number of hydrogen-bond acceptors (Lipinski definition) is 2. The topological polar surface area (TPSA) is 52.9 Å². The Bertz CT molecular complexity index is 1120. The standard InChI is InChI=1S/C23H15ClF2N2O/c24-22-13-16(4-5-17(22)10-15-2-1-3-20(26)12-15)11-18(14-27)23(29)28-21-8-6-19(25)7-9-21/h1-9,11-13H,10H2,(H,28,29)/b18-11+. The highest BCUT2D eigenvalue weighted by molar-refractivity contribution is 6.31. The molecule has 0 heterocycles. The fraction of sp³-hybridized carbons (Fsp3) is 0.0435. The Morgan fingerprint density at radius 1 is 1.03 bits per heavy atom. The number of halogens is 3. The first-order chi connectivity index (χ1) is 13.9. The molecule has 0 spiro atoms. The van der Waals surface area contributed by atoms with Crippen LogP contribution in [-0.2, 0) is 11.2 Å². The van der Waals surface area contributed by atoms with Crippen LogP contribution in [0.15, 0.2) is 72.3 Å². The van der Waals surface area contributed by atoms with E-state index in [-0.39, 0.29) is 11.4 Å². The van der Waals surface area contributed by atoms with Gasteiger partial charge in [-0.15, -0.1) is 0 Å². The first-order valence-corrected chi connectivity index (χ1v) is 9.04. The number of amides is 1. The summed E-state index contributed by atoms with van der Waals surface area (Å²) in [5, 5.41) is 12.3. The molecular weight excluding hydrogens is 394 g/mol. The Labute approximate surface area is 171 Å². The van der Waals surface area contributed by atoms with Crippen LogP contribution in [0.2, 0.25) is 5.02 Å². The molecule has 0 aliphatic carbocycles. The molecule has 29 heavy (non-hydrogen) atoms. The molecular formula is C23H15ClF2N2O. The van der Waals surface area contributed by atoms with E-state index in [1.165, 1.54) is 42.5 Å². The van der Waals surface area contributed by atoms with Crippen molar-refractivity contribution >= 4 is 29.3 Å². The highest BCUT2D eigenvalue weighted by Crippen LogP contribution is 2.23. The van der Waals surface area contributed by atoms with E-state index in [1.807, 2.05) is 6.07 Å². The molecule has 0 aromatic heterocycles. The van der Waals surface area contributed by atoms with Gasteiger partial charge >= 0.3 is 0 Å². The highest BCUT2D eigenvalue weighted by Gasteiger charge is 2.11. The van der Waals surface area contributed by atoms with Crippen LogP contribution >= 0.6 is 11.6 Å². The minimum absolute atomic E-state index is 0.122. The number of nitrogens with zero attached hydrogens (tertiary/aromatic N) is 1. The van der Waals surface area contributed by atoms with Gasteiger partial charge in [-0.2, -0.15) is 5.26 Å². The second-order valence-corrected chi connectivity index (χ2v) is 6.70. The van der Waals surface area contributed by atoms with Gasteiger partial charge in [0.25, 0.3) is 5.91 Å². The smallest absolute Gasteiger partial charge is 0.266 e. The van der Waals surface area contributed by atoms with E-state index in [2.05, 4.69) is 5.32 Å². The van der Waals surface area contributed by atoms with Gasteiger partial charge < -0.3 is 5.32 Å². The molecule has 3 aromatic rings. The third-order valence-corrected chi connectivity index (χ3v) is 4.49. The lowest BCUT2D eigenvalue weighted by Crippen LogP contribution is -2.13. The normalized spacial score (nSPS) is 11.0. The Kier molecular flexibility index (Phi) is 6.38. The Morgan fingerprint density at radius 2 is 1.79 bits per heavy atom. The van der Waals surface area contributed by atoms with Crippen molar-refractivity contribution in [1.29, 1.82) is 5.26 Å². The van der Waals surface area contributed by atoms with Crippen LogP contribution < -0.4 is 5.32 Å². The van der Waals surface area contributed by atoms with E-state index in [1.54, 1.807) is 30.3 Å². The van der Waals surface area contributed by atoms with E-state index in [0.29, 0.717) is 22.7 Å². The van der Waals surface area contributed by atoms with Crippen LogP contribution in [-0.4, -0.2) is 5.91 Å². The number of benzene rings is 3. The summed E-state index contributed by atoms with van der Waals surface area (Å²) in [6.45, 7) is 0. The molecule has 3 nitrogen and oxygen atoms in total. The molecule has 0 atom stereocenters. The molecule has 1 amide bonds. The summed E-state index contributed by atoms with van der Waals surface area (Å²) in [5.41, 5.74) is 2.41. The number of anilines is 1. The Morgan fingerprint density at radius 3 is 2.45 bits per heavy atom. The van der Waals surface area contributed by atoms with Crippen LogP contribution in [0, 0.1) is 23.0 Å². The van der Waals surface area contributed by atoms with E-state index in [0.717, 1.165) is 11.1 Å². The van der Waals surface area contributed by atoms with Crippen molar-refractivity contribution in [3.63, 3.8) is 0 Å². The minimum Gasteiger partial charge on any atom is -0.321 e. The SMILES string of the molecule is N#C/C(=C\c1ccc(Cc2cccc(F)c2)c(Cl)c1)C(=O)Nc1ccc(F)cc1. The largest absolute Gasteiger partial charge is 0.321 e. The molecule has 0 unspecified atom stereocenters. The van der Waals surface area contributed by atoms with Crippen molar-refractivity contribution < 1.29 is 13.6 Å². The fourth-order valence-electron chi connectivity index (χ4n) is 2.71. The number of rotatable bonds is 5. The third-order valence-electron chi connectivity index (χ3n) is 4.14. The Hall–Kier alpha value is -3.49. The lowest BCUT2D eigenvalue weighted by Gasteiger charge is -2.07. The average molecular weight is 409 g/mol. The summed E-state index contributed by atoms with van der Waals surface area (Å²) in [6.07, 6.45) is 1.87. The maximum absolute atomic E-state index is 13.3. The molecule has 3 aromatic carbocycles. The molecule has 0 saturated heterocycles. The molecule has 0 aliphatic heterocycles. The summed E-state index contributed by atoms with van der Waals surface area (Å²) in [7, 11) is 0. The lowest BCUT2D eigenvalue weighted by molar-refractivity contribution is -0.112. The first-order valence-electron chi connectivity index (χ1n) is 8.66. The van der Waals surface area contributed by atoms with Gasteiger partial charge in [-0.1, -0.05) is 35.9 Å². The van der Waals surface area contributed by atoms with Crippen LogP contribution in [0.3, 0.4) is 0 Å². The molecule has 6 heteroatoms. The second-order valence-electron chi connectivity index (χ2n) is 6.29. The van der Waals surface area contributed by atoms with Crippen molar-refractivity contribution in [1.82, 2.24) is 0 Å². The van der Waals surface area contributed by atoms with Crippen LogP contribution in [0.25, 0.3) is 6.08 Å². The maximum Gasteiger partial charge on any atom is 0.266 e. The Balaban J connectivity index is 1.77. The van der Waals surface area contributed by atoms with Crippen LogP contribution in [0.5, 0.6) is 0 Å². The van der Waals surface area contributed by atoms with E-state index in [4.69, 9.17) is 11.6 Å². The number of carbonyl (C=O) groups is 1. The monoisotopic (exact) mass is 408 g/mol. The summed E-state index contributed by atoms with van der Waals surface area (Å²) < 4.78 is 26.3. The van der Waals surface area contributed by atoms with Crippen molar-refractivity contribution in [2.45, 2.75) is 6.42 Å². The van der Waals surface area contributed by atoms with Gasteiger partial charge in [-0.05, 0) is 71.7 Å². The van der Waals surface area contributed by atoms with Crippen molar-refractivity contribution in [3.8, 4) is 6.07 Å². The molecule has 144 valence electrons. The number of nitrogens with one attached hydrogen (secondary N) is 1. The van der Waals surface area contributed by atoms with Crippen molar-refractivity contribution in [3.05, 3.63) is 106 Å². The quantitative estimate of drug-likeness (QED) is 0.431. The molecule has 3 rings (SSSR count). The predicted molar refractivity (Wildman–Crippen MR) is 109 cm³/mol. The van der Waals surface area contributed by atoms with Gasteiger partial charge in [0.05, 0.1) is 0 Å². The van der Waals surface area contributed by atoms with E-state index in [9.17, 15) is 18.8 Å². The van der Waals surface area contributed by atoms with Gasteiger partial charge in [0.1, 0.15) is 23.3 Å². The maximum atomic E-state index is 13.3. The zero-order valence-electron chi connectivity index (χ0n) is 15.1. The summed E-state index contributed by atoms with van der Waals surface area (Å²) in [6, 6.07) is 18.5. The highest BCUT2D eigenvalue weighted by atomic mass is 35.5. The zero-order valence-corrected chi connectivity index (χ0v) is 15.9. The molecule has 0 radical (unpaired) electrons. The average Bonchev–Trinajstić information content (AvgIpc) is 2.70. The van der Waals surface area contributed by atoms with Gasteiger partial charge in [0.2, 0.25) is 0 Å². The summed E-state index contributed by atoms with van der Waals surface area (Å²) in [4.78, 5) is 12.3. The zero-order chi connectivity index (χ0) is 20.8. The number of nitriles is 1. The molecule has 0 aliphatic rings. The molecule has 0 bridgehead atoms. The van der Waals surface area contributed by atoms with Gasteiger partial charge in [0, 0.05) is 10.7 Å². The lowest BCUT2D eigenvalue weighted by atomic mass is 10.0. The molecule has 0 saturated carbocycles. The number of hydrogen-bond donors (Lipinski definition) is 1. The second kappa shape index (κ2) is 9.13. The van der Waals surface area contributed by atoms with E-state index < -0.39 is 11.7 Å². The summed E-state index contributed by atoms with van der Waals surface area (Å²) in [5.74, 6) is -1.35. The minimum atomic E-state index is -0.612. The van der Waals surface area contributed by atoms with Crippen LogP contribution in [0.1, 0.15) is 16.7 Å². The van der Waals surface area contributed by atoms with Gasteiger partial charge in [0.15, 0.2) is 0 Å². The van der Waals surface area contributed by atoms with Crippen molar-refractivity contribution in [2.24, 2.45) is 0 Å². The molecule has 0 fully saturated rings. The molecule has 1 N–H and O–H groups in total. The predicted octanol–water partition coefficient (Wildman–Crippen LogP) is 5.75. The van der Waals surface area contributed by atoms with Crippen molar-refractivity contribution in [2.75, 3.05) is 5.32 Å². The van der Waals surface area contributed by atoms with Gasteiger partial charge in [-0.3, -0.25) is 4.79 Å². The fourth-order valence-corrected chi connectivity index (χ4v) is 2.97. The van der Waals surface area contributed by atoms with Gasteiger partial charge in [-0.25, -0.2) is 8.78 Å².